The molecule has 0 aliphatic heterocycles. The minimum Gasteiger partial charge on any atom is -0.497 e. The average molecular weight is 337 g/mol. The van der Waals surface area contributed by atoms with Gasteiger partial charge in [-0.3, -0.25) is 0 Å². The first-order valence-electron chi connectivity index (χ1n) is 6.20. The summed E-state index contributed by atoms with van der Waals surface area (Å²) in [7, 11) is 4.97. The minimum absolute atomic E-state index is 0.0143. The molecule has 1 atom stereocenters. The molecule has 2 aromatic rings. The first-order chi connectivity index (χ1) is 9.71. The van der Waals surface area contributed by atoms with Crippen LogP contribution in [0.5, 0.6) is 17.2 Å². The highest BCUT2D eigenvalue weighted by Gasteiger charge is 2.20. The maximum absolute atomic E-state index is 5.44. The third-order valence-corrected chi connectivity index (χ3v) is 4.11. The molecule has 4 heteroatoms. The summed E-state index contributed by atoms with van der Waals surface area (Å²) in [5.74, 6) is 2.42. The number of halogens is 1. The summed E-state index contributed by atoms with van der Waals surface area (Å²) in [5, 5.41) is 0. The minimum atomic E-state index is -0.0143. The maximum Gasteiger partial charge on any atom is 0.127 e. The van der Waals surface area contributed by atoms with Crippen molar-refractivity contribution in [1.29, 1.82) is 0 Å². The molecule has 0 aliphatic carbocycles. The Bertz CT molecular complexity index is 544. The van der Waals surface area contributed by atoms with Crippen LogP contribution in [0.2, 0.25) is 0 Å². The highest BCUT2D eigenvalue weighted by atomic mass is 79.9. The summed E-state index contributed by atoms with van der Waals surface area (Å²) in [6.45, 7) is 0. The number of ether oxygens (including phenoxy) is 3. The van der Waals surface area contributed by atoms with Gasteiger partial charge in [-0.05, 0) is 29.8 Å². The van der Waals surface area contributed by atoms with Crippen molar-refractivity contribution in [1.82, 2.24) is 0 Å². The molecular weight excluding hydrogens is 320 g/mol. The van der Waals surface area contributed by atoms with Crippen molar-refractivity contribution in [3.8, 4) is 17.2 Å². The van der Waals surface area contributed by atoms with E-state index in [1.54, 1.807) is 21.3 Å². The monoisotopic (exact) mass is 336 g/mol. The molecule has 0 heterocycles. The van der Waals surface area contributed by atoms with Crippen molar-refractivity contribution in [3.63, 3.8) is 0 Å². The van der Waals surface area contributed by atoms with Crippen molar-refractivity contribution in [2.75, 3.05) is 21.3 Å². The third kappa shape index (κ3) is 2.90. The number of benzene rings is 2. The molecule has 0 radical (unpaired) electrons. The molecule has 0 aliphatic rings. The van der Waals surface area contributed by atoms with E-state index in [2.05, 4.69) is 15.9 Å². The van der Waals surface area contributed by atoms with Gasteiger partial charge in [0.15, 0.2) is 0 Å². The molecular formula is C16H17BrO3. The van der Waals surface area contributed by atoms with Gasteiger partial charge in [-0.1, -0.05) is 34.1 Å². The van der Waals surface area contributed by atoms with Crippen molar-refractivity contribution >= 4 is 15.9 Å². The number of rotatable bonds is 5. The van der Waals surface area contributed by atoms with Crippen LogP contribution in [0.3, 0.4) is 0 Å². The van der Waals surface area contributed by atoms with Crippen LogP contribution in [-0.4, -0.2) is 21.3 Å². The van der Waals surface area contributed by atoms with Crippen LogP contribution in [0.1, 0.15) is 16.0 Å². The lowest BCUT2D eigenvalue weighted by Gasteiger charge is -2.18. The average Bonchev–Trinajstić information content (AvgIpc) is 2.53. The molecule has 0 N–H and O–H groups in total. The summed E-state index contributed by atoms with van der Waals surface area (Å²) in [6.07, 6.45) is 0. The Labute approximate surface area is 127 Å². The van der Waals surface area contributed by atoms with Crippen LogP contribution in [0.4, 0.5) is 0 Å². The van der Waals surface area contributed by atoms with Crippen LogP contribution in [0.15, 0.2) is 42.5 Å². The second-order valence-corrected chi connectivity index (χ2v) is 5.13. The van der Waals surface area contributed by atoms with E-state index >= 15 is 0 Å². The van der Waals surface area contributed by atoms with Gasteiger partial charge >= 0.3 is 0 Å². The van der Waals surface area contributed by atoms with E-state index < -0.39 is 0 Å². The van der Waals surface area contributed by atoms with E-state index in [0.717, 1.165) is 28.4 Å². The standard InChI is InChI=1S/C16H17BrO3/c1-18-12-9-7-11(8-10-12)16(17)15-13(19-2)5-4-6-14(15)20-3/h4-10,16H,1-3H3. The van der Waals surface area contributed by atoms with Gasteiger partial charge in [0.25, 0.3) is 0 Å². The molecule has 0 spiro atoms. The van der Waals surface area contributed by atoms with Gasteiger partial charge < -0.3 is 14.2 Å². The fourth-order valence-electron chi connectivity index (χ4n) is 2.07. The fraction of sp³-hybridized carbons (Fsp3) is 0.250. The van der Waals surface area contributed by atoms with Crippen molar-refractivity contribution in [2.24, 2.45) is 0 Å². The summed E-state index contributed by atoms with van der Waals surface area (Å²) in [6, 6.07) is 13.7. The quantitative estimate of drug-likeness (QED) is 0.766. The number of hydrogen-bond donors (Lipinski definition) is 0. The predicted octanol–water partition coefficient (Wildman–Crippen LogP) is 4.20. The summed E-state index contributed by atoms with van der Waals surface area (Å²) < 4.78 is 16.1. The molecule has 0 saturated heterocycles. The molecule has 106 valence electrons. The lowest BCUT2D eigenvalue weighted by molar-refractivity contribution is 0.386. The van der Waals surface area contributed by atoms with Crippen molar-refractivity contribution in [3.05, 3.63) is 53.6 Å². The second-order valence-electron chi connectivity index (χ2n) is 4.21. The van der Waals surface area contributed by atoms with Gasteiger partial charge in [-0.25, -0.2) is 0 Å². The zero-order valence-corrected chi connectivity index (χ0v) is 13.3. The van der Waals surface area contributed by atoms with Crippen LogP contribution in [0, 0.1) is 0 Å². The van der Waals surface area contributed by atoms with E-state index in [4.69, 9.17) is 14.2 Å². The molecule has 2 rings (SSSR count). The van der Waals surface area contributed by atoms with E-state index in [0.29, 0.717) is 0 Å². The number of methoxy groups -OCH3 is 3. The largest absolute Gasteiger partial charge is 0.497 e. The predicted molar refractivity (Wildman–Crippen MR) is 83.3 cm³/mol. The molecule has 0 aromatic heterocycles. The van der Waals surface area contributed by atoms with Gasteiger partial charge in [0.1, 0.15) is 17.2 Å². The molecule has 20 heavy (non-hydrogen) atoms. The first-order valence-corrected chi connectivity index (χ1v) is 7.11. The normalized spacial score (nSPS) is 11.8. The zero-order valence-electron chi connectivity index (χ0n) is 11.7. The SMILES string of the molecule is COc1ccc(C(Br)c2c(OC)cccc2OC)cc1. The third-order valence-electron chi connectivity index (χ3n) is 3.13. The number of hydrogen-bond acceptors (Lipinski definition) is 3. The van der Waals surface area contributed by atoms with Gasteiger partial charge in [0, 0.05) is 0 Å². The van der Waals surface area contributed by atoms with Crippen LogP contribution >= 0.6 is 15.9 Å². The highest BCUT2D eigenvalue weighted by Crippen LogP contribution is 2.42. The lowest BCUT2D eigenvalue weighted by Crippen LogP contribution is -2.00. The van der Waals surface area contributed by atoms with Crippen LogP contribution in [0.25, 0.3) is 0 Å². The molecule has 2 aromatic carbocycles. The molecule has 0 fully saturated rings. The summed E-state index contributed by atoms with van der Waals surface area (Å²) in [5.41, 5.74) is 2.08. The Kier molecular flexibility index (Phi) is 4.90. The molecule has 0 bridgehead atoms. The second kappa shape index (κ2) is 6.66. The van der Waals surface area contributed by atoms with Crippen molar-refractivity contribution < 1.29 is 14.2 Å². The molecule has 0 saturated carbocycles. The number of alkyl halides is 1. The van der Waals surface area contributed by atoms with E-state index in [1.165, 1.54) is 0 Å². The molecule has 1 unspecified atom stereocenters. The summed E-state index contributed by atoms with van der Waals surface area (Å²) >= 11 is 3.72. The van der Waals surface area contributed by atoms with E-state index in [-0.39, 0.29) is 4.83 Å². The Morgan fingerprint density at radius 1 is 0.800 bits per heavy atom. The Morgan fingerprint density at radius 2 is 1.35 bits per heavy atom. The van der Waals surface area contributed by atoms with E-state index in [1.807, 2.05) is 42.5 Å². The highest BCUT2D eigenvalue weighted by molar-refractivity contribution is 9.09. The summed E-state index contributed by atoms with van der Waals surface area (Å²) in [4.78, 5) is -0.0143. The Balaban J connectivity index is 2.43. The van der Waals surface area contributed by atoms with Gasteiger partial charge in [0.05, 0.1) is 31.7 Å². The molecule has 3 nitrogen and oxygen atoms in total. The smallest absolute Gasteiger partial charge is 0.127 e. The topological polar surface area (TPSA) is 27.7 Å². The van der Waals surface area contributed by atoms with Crippen LogP contribution in [-0.2, 0) is 0 Å². The van der Waals surface area contributed by atoms with Crippen molar-refractivity contribution in [2.45, 2.75) is 4.83 Å². The van der Waals surface area contributed by atoms with Crippen LogP contribution < -0.4 is 14.2 Å². The van der Waals surface area contributed by atoms with Gasteiger partial charge in [-0.2, -0.15) is 0 Å². The lowest BCUT2D eigenvalue weighted by atomic mass is 10.0. The Hall–Kier alpha value is -1.68. The molecule has 0 amide bonds. The zero-order chi connectivity index (χ0) is 14.5. The van der Waals surface area contributed by atoms with E-state index in [9.17, 15) is 0 Å². The van der Waals surface area contributed by atoms with Gasteiger partial charge in [-0.15, -0.1) is 0 Å². The van der Waals surface area contributed by atoms with Gasteiger partial charge in [0.2, 0.25) is 0 Å². The maximum atomic E-state index is 5.44. The Morgan fingerprint density at radius 3 is 1.80 bits per heavy atom. The fourth-order valence-corrected chi connectivity index (χ4v) is 2.83. The first kappa shape index (κ1) is 14.7.